The largest absolute Gasteiger partial charge is 0.374 e. The molecule has 2 unspecified atom stereocenters. The number of hydrogen-bond acceptors (Lipinski definition) is 3. The van der Waals surface area contributed by atoms with E-state index in [4.69, 9.17) is 4.74 Å². The maximum atomic E-state index is 12.6. The van der Waals surface area contributed by atoms with Gasteiger partial charge in [0.15, 0.2) is 0 Å². The number of benzene rings is 2. The van der Waals surface area contributed by atoms with Crippen molar-refractivity contribution in [1.82, 2.24) is 10.6 Å². The van der Waals surface area contributed by atoms with Crippen LogP contribution in [-0.2, 0) is 16.1 Å². The molecule has 0 aromatic heterocycles. The van der Waals surface area contributed by atoms with Crippen LogP contribution in [0.4, 0.5) is 0 Å². The molecular weight excluding hydrogens is 312 g/mol. The van der Waals surface area contributed by atoms with Gasteiger partial charge in [-0.25, -0.2) is 0 Å². The van der Waals surface area contributed by atoms with Crippen LogP contribution in [0.25, 0.3) is 0 Å². The van der Waals surface area contributed by atoms with Crippen LogP contribution < -0.4 is 10.6 Å². The van der Waals surface area contributed by atoms with E-state index < -0.39 is 0 Å². The third kappa shape index (κ3) is 4.91. The predicted molar refractivity (Wildman–Crippen MR) is 98.9 cm³/mol. The number of rotatable bonds is 8. The van der Waals surface area contributed by atoms with Gasteiger partial charge in [-0.15, -0.1) is 0 Å². The minimum atomic E-state index is -0.132. The van der Waals surface area contributed by atoms with Crippen LogP contribution in [0.5, 0.6) is 0 Å². The summed E-state index contributed by atoms with van der Waals surface area (Å²) < 4.78 is 5.89. The van der Waals surface area contributed by atoms with Gasteiger partial charge in [0.2, 0.25) is 5.91 Å². The highest BCUT2D eigenvalue weighted by Gasteiger charge is 2.30. The van der Waals surface area contributed by atoms with Crippen molar-refractivity contribution < 1.29 is 9.53 Å². The first-order valence-electron chi connectivity index (χ1n) is 8.91. The Morgan fingerprint density at radius 3 is 2.36 bits per heavy atom. The van der Waals surface area contributed by atoms with E-state index in [1.807, 2.05) is 67.6 Å². The standard InChI is InChI=1S/C21H26N2O2/c1-16(19-12-22-13-19)21(24)23-20(18-10-6-3-7-11-18)15-25-14-17-8-4-2-5-9-17/h2-11,16,19-20,22H,12-15H2,1H3,(H,23,24). The van der Waals surface area contributed by atoms with E-state index in [0.717, 1.165) is 24.2 Å². The summed E-state index contributed by atoms with van der Waals surface area (Å²) in [4.78, 5) is 12.6. The fourth-order valence-electron chi connectivity index (χ4n) is 2.96. The lowest BCUT2D eigenvalue weighted by Gasteiger charge is -2.32. The molecule has 2 aromatic carbocycles. The Morgan fingerprint density at radius 1 is 1.12 bits per heavy atom. The van der Waals surface area contributed by atoms with Gasteiger partial charge in [-0.3, -0.25) is 4.79 Å². The van der Waals surface area contributed by atoms with Gasteiger partial charge < -0.3 is 15.4 Å². The molecule has 3 rings (SSSR count). The van der Waals surface area contributed by atoms with Gasteiger partial charge in [0, 0.05) is 5.92 Å². The van der Waals surface area contributed by atoms with Crippen molar-refractivity contribution >= 4 is 5.91 Å². The average Bonchev–Trinajstić information content (AvgIpc) is 2.61. The van der Waals surface area contributed by atoms with Gasteiger partial charge >= 0.3 is 0 Å². The summed E-state index contributed by atoms with van der Waals surface area (Å²) in [6.45, 7) is 4.86. The number of hydrogen-bond donors (Lipinski definition) is 2. The van der Waals surface area contributed by atoms with Crippen LogP contribution in [0.15, 0.2) is 60.7 Å². The maximum Gasteiger partial charge on any atom is 0.223 e. The number of ether oxygens (including phenoxy) is 1. The van der Waals surface area contributed by atoms with Crippen LogP contribution in [0, 0.1) is 11.8 Å². The van der Waals surface area contributed by atoms with Crippen molar-refractivity contribution in [3.8, 4) is 0 Å². The predicted octanol–water partition coefficient (Wildman–Crippen LogP) is 2.92. The van der Waals surface area contributed by atoms with Crippen molar-refractivity contribution in [3.05, 3.63) is 71.8 Å². The van der Waals surface area contributed by atoms with E-state index in [2.05, 4.69) is 10.6 Å². The van der Waals surface area contributed by atoms with Gasteiger partial charge in [-0.1, -0.05) is 67.6 Å². The highest BCUT2D eigenvalue weighted by molar-refractivity contribution is 5.79. The molecule has 25 heavy (non-hydrogen) atoms. The zero-order chi connectivity index (χ0) is 17.5. The van der Waals surface area contributed by atoms with Gasteiger partial charge in [0.25, 0.3) is 0 Å². The summed E-state index contributed by atoms with van der Waals surface area (Å²) >= 11 is 0. The molecule has 4 nitrogen and oxygen atoms in total. The average molecular weight is 338 g/mol. The second kappa shape index (κ2) is 8.79. The lowest BCUT2D eigenvalue weighted by atomic mass is 9.88. The third-order valence-corrected chi connectivity index (χ3v) is 4.85. The summed E-state index contributed by atoms with van der Waals surface area (Å²) in [6.07, 6.45) is 0. The van der Waals surface area contributed by atoms with Crippen molar-refractivity contribution in [1.29, 1.82) is 0 Å². The molecule has 1 heterocycles. The number of nitrogens with one attached hydrogen (secondary N) is 2. The van der Waals surface area contributed by atoms with Gasteiger partial charge in [-0.05, 0) is 30.1 Å². The Morgan fingerprint density at radius 2 is 1.76 bits per heavy atom. The van der Waals surface area contributed by atoms with Gasteiger partial charge in [-0.2, -0.15) is 0 Å². The van der Waals surface area contributed by atoms with Crippen molar-refractivity contribution in [2.75, 3.05) is 19.7 Å². The number of carbonyl (C=O) groups excluding carboxylic acids is 1. The lowest BCUT2D eigenvalue weighted by molar-refractivity contribution is -0.128. The van der Waals surface area contributed by atoms with E-state index in [-0.39, 0.29) is 17.9 Å². The molecule has 0 aliphatic carbocycles. The first-order valence-corrected chi connectivity index (χ1v) is 8.91. The Labute approximate surface area is 149 Å². The summed E-state index contributed by atoms with van der Waals surface area (Å²) in [5.74, 6) is 0.548. The molecule has 0 radical (unpaired) electrons. The zero-order valence-corrected chi connectivity index (χ0v) is 14.7. The molecule has 0 spiro atoms. The Hall–Kier alpha value is -2.17. The molecule has 132 valence electrons. The molecule has 1 fully saturated rings. The van der Waals surface area contributed by atoms with Gasteiger partial charge in [0.1, 0.15) is 0 Å². The zero-order valence-electron chi connectivity index (χ0n) is 14.7. The highest BCUT2D eigenvalue weighted by Crippen LogP contribution is 2.19. The van der Waals surface area contributed by atoms with Crippen LogP contribution in [-0.4, -0.2) is 25.6 Å². The summed E-state index contributed by atoms with van der Waals surface area (Å²) in [5, 5.41) is 6.41. The first-order chi connectivity index (χ1) is 12.2. The normalized spacial score (nSPS) is 16.7. The lowest BCUT2D eigenvalue weighted by Crippen LogP contribution is -2.50. The number of carbonyl (C=O) groups is 1. The van der Waals surface area contributed by atoms with Crippen LogP contribution in [0.1, 0.15) is 24.1 Å². The molecule has 1 saturated heterocycles. The third-order valence-electron chi connectivity index (χ3n) is 4.85. The van der Waals surface area contributed by atoms with E-state index >= 15 is 0 Å². The van der Waals surface area contributed by atoms with E-state index in [9.17, 15) is 4.79 Å². The van der Waals surface area contributed by atoms with Crippen molar-refractivity contribution in [3.63, 3.8) is 0 Å². The minimum Gasteiger partial charge on any atom is -0.374 e. The number of amides is 1. The summed E-state index contributed by atoms with van der Waals surface area (Å²) in [6, 6.07) is 20.0. The fourth-order valence-corrected chi connectivity index (χ4v) is 2.96. The topological polar surface area (TPSA) is 50.4 Å². The van der Waals surface area contributed by atoms with E-state index in [1.165, 1.54) is 0 Å². The van der Waals surface area contributed by atoms with E-state index in [0.29, 0.717) is 19.1 Å². The van der Waals surface area contributed by atoms with E-state index in [1.54, 1.807) is 0 Å². The van der Waals surface area contributed by atoms with Crippen molar-refractivity contribution in [2.24, 2.45) is 11.8 Å². The first kappa shape index (κ1) is 17.6. The molecule has 0 bridgehead atoms. The molecule has 1 amide bonds. The maximum absolute atomic E-state index is 12.6. The monoisotopic (exact) mass is 338 g/mol. The SMILES string of the molecule is CC(C(=O)NC(COCc1ccccc1)c1ccccc1)C1CNC1. The molecular formula is C21H26N2O2. The Kier molecular flexibility index (Phi) is 6.20. The quantitative estimate of drug-likeness (QED) is 0.778. The molecule has 0 saturated carbocycles. The molecule has 1 aliphatic rings. The molecule has 2 atom stereocenters. The fraction of sp³-hybridized carbons (Fsp3) is 0.381. The molecule has 4 heteroatoms. The highest BCUT2D eigenvalue weighted by atomic mass is 16.5. The second-order valence-electron chi connectivity index (χ2n) is 6.68. The molecule has 2 aromatic rings. The Bertz CT molecular complexity index is 656. The second-order valence-corrected chi connectivity index (χ2v) is 6.68. The van der Waals surface area contributed by atoms with Gasteiger partial charge in [0.05, 0.1) is 19.3 Å². The Balaban J connectivity index is 1.60. The minimum absolute atomic E-state index is 0.0154. The molecule has 2 N–H and O–H groups in total. The summed E-state index contributed by atoms with van der Waals surface area (Å²) in [5.41, 5.74) is 2.21. The van der Waals surface area contributed by atoms with Crippen LogP contribution in [0.2, 0.25) is 0 Å². The molecule has 1 aliphatic heterocycles. The van der Waals surface area contributed by atoms with Crippen LogP contribution in [0.3, 0.4) is 0 Å². The van der Waals surface area contributed by atoms with Crippen LogP contribution >= 0.6 is 0 Å². The summed E-state index contributed by atoms with van der Waals surface area (Å²) in [7, 11) is 0. The van der Waals surface area contributed by atoms with Crippen molar-refractivity contribution in [2.45, 2.75) is 19.6 Å². The smallest absolute Gasteiger partial charge is 0.223 e.